The minimum atomic E-state index is -3.49. The molecule has 0 amide bonds. The second-order valence-electron chi connectivity index (χ2n) is 4.36. The first kappa shape index (κ1) is 16.2. The van der Waals surface area contributed by atoms with E-state index in [2.05, 4.69) is 9.62 Å². The van der Waals surface area contributed by atoms with Gasteiger partial charge in [-0.3, -0.25) is 0 Å². The predicted molar refractivity (Wildman–Crippen MR) is 74.3 cm³/mol. The van der Waals surface area contributed by atoms with Crippen molar-refractivity contribution >= 4 is 10.0 Å². The Hall–Kier alpha value is -0.890. The van der Waals surface area contributed by atoms with Crippen molar-refractivity contribution in [2.24, 2.45) is 7.05 Å². The first-order chi connectivity index (χ1) is 8.94. The number of nitrogens with one attached hydrogen (secondary N) is 1. The van der Waals surface area contributed by atoms with E-state index in [1.54, 1.807) is 11.6 Å². The van der Waals surface area contributed by atoms with E-state index in [0.717, 1.165) is 13.1 Å². The van der Waals surface area contributed by atoms with Crippen molar-refractivity contribution in [1.29, 1.82) is 0 Å². The number of aromatic nitrogens is 1. The van der Waals surface area contributed by atoms with E-state index in [1.165, 1.54) is 12.3 Å². The van der Waals surface area contributed by atoms with E-state index in [9.17, 15) is 8.42 Å². The number of nitrogens with zero attached hydrogens (tertiary/aromatic N) is 2. The van der Waals surface area contributed by atoms with Gasteiger partial charge in [-0.2, -0.15) is 0 Å². The maximum absolute atomic E-state index is 12.0. The fourth-order valence-electron chi connectivity index (χ4n) is 1.84. The van der Waals surface area contributed by atoms with E-state index in [1.807, 2.05) is 13.8 Å². The van der Waals surface area contributed by atoms with Gasteiger partial charge in [0.1, 0.15) is 0 Å². The van der Waals surface area contributed by atoms with Crippen LogP contribution in [0.4, 0.5) is 0 Å². The topological polar surface area (TPSA) is 74.6 Å². The zero-order valence-corrected chi connectivity index (χ0v) is 12.6. The standard InChI is InChI=1S/C12H23N3O3S/c1-4-15(5-2)7-6-13-19(17,18)12-8-11(10-16)14(3)9-12/h8-9,13,16H,4-7,10H2,1-3H3. The molecular weight excluding hydrogens is 266 g/mol. The van der Waals surface area contributed by atoms with Gasteiger partial charge < -0.3 is 14.6 Å². The highest BCUT2D eigenvalue weighted by molar-refractivity contribution is 7.89. The van der Waals surface area contributed by atoms with Gasteiger partial charge in [0, 0.05) is 32.0 Å². The van der Waals surface area contributed by atoms with Crippen LogP contribution in [0.5, 0.6) is 0 Å². The van der Waals surface area contributed by atoms with E-state index in [-0.39, 0.29) is 11.5 Å². The number of aliphatic hydroxyl groups excluding tert-OH is 1. The Morgan fingerprint density at radius 2 is 2.00 bits per heavy atom. The van der Waals surface area contributed by atoms with Crippen molar-refractivity contribution in [2.45, 2.75) is 25.3 Å². The summed E-state index contributed by atoms with van der Waals surface area (Å²) in [6.07, 6.45) is 1.51. The molecule has 0 aromatic carbocycles. The molecule has 7 heteroatoms. The molecule has 0 saturated heterocycles. The zero-order valence-electron chi connectivity index (χ0n) is 11.8. The molecule has 110 valence electrons. The molecule has 6 nitrogen and oxygen atoms in total. The molecule has 0 aliphatic rings. The molecule has 0 saturated carbocycles. The van der Waals surface area contributed by atoms with E-state index >= 15 is 0 Å². The maximum atomic E-state index is 12.0. The van der Waals surface area contributed by atoms with Gasteiger partial charge in [0.2, 0.25) is 10.0 Å². The fourth-order valence-corrected chi connectivity index (χ4v) is 2.96. The summed E-state index contributed by atoms with van der Waals surface area (Å²) in [5.41, 5.74) is 0.573. The van der Waals surface area contributed by atoms with Gasteiger partial charge in [-0.05, 0) is 19.2 Å². The smallest absolute Gasteiger partial charge is 0.242 e. The number of hydrogen-bond acceptors (Lipinski definition) is 4. The van der Waals surface area contributed by atoms with Crippen molar-refractivity contribution in [2.75, 3.05) is 26.2 Å². The maximum Gasteiger partial charge on any atom is 0.242 e. The zero-order chi connectivity index (χ0) is 14.5. The van der Waals surface area contributed by atoms with Crippen LogP contribution in [0.25, 0.3) is 0 Å². The number of hydrogen-bond donors (Lipinski definition) is 2. The average Bonchev–Trinajstić information content (AvgIpc) is 2.77. The molecule has 2 N–H and O–H groups in total. The lowest BCUT2D eigenvalue weighted by atomic mass is 10.5. The molecule has 0 aliphatic heterocycles. The van der Waals surface area contributed by atoms with Crippen molar-refractivity contribution in [3.05, 3.63) is 18.0 Å². The Morgan fingerprint density at radius 3 is 2.47 bits per heavy atom. The number of likely N-dealkylation sites (N-methyl/N-ethyl adjacent to an activating group) is 1. The molecule has 1 rings (SSSR count). The minimum absolute atomic E-state index is 0.175. The van der Waals surface area contributed by atoms with Gasteiger partial charge in [-0.1, -0.05) is 13.8 Å². The number of aliphatic hydroxyl groups is 1. The van der Waals surface area contributed by atoms with E-state index in [4.69, 9.17) is 5.11 Å². The molecule has 1 aromatic heterocycles. The van der Waals surface area contributed by atoms with Crippen LogP contribution in [0.2, 0.25) is 0 Å². The van der Waals surface area contributed by atoms with Crippen LogP contribution in [0.1, 0.15) is 19.5 Å². The molecule has 1 heterocycles. The highest BCUT2D eigenvalue weighted by atomic mass is 32.2. The van der Waals surface area contributed by atoms with E-state index in [0.29, 0.717) is 18.8 Å². The summed E-state index contributed by atoms with van der Waals surface area (Å²) in [4.78, 5) is 2.34. The van der Waals surface area contributed by atoms with Crippen LogP contribution in [0, 0.1) is 0 Å². The Balaban J connectivity index is 2.65. The molecule has 0 unspecified atom stereocenters. The van der Waals surface area contributed by atoms with Crippen LogP contribution in [-0.2, 0) is 23.7 Å². The first-order valence-corrected chi connectivity index (χ1v) is 7.91. The molecule has 19 heavy (non-hydrogen) atoms. The number of aryl methyl sites for hydroxylation is 1. The predicted octanol–water partition coefficient (Wildman–Crippen LogP) is 0.138. The second-order valence-corrected chi connectivity index (χ2v) is 6.13. The lowest BCUT2D eigenvalue weighted by Gasteiger charge is -2.17. The Bertz CT molecular complexity index is 492. The summed E-state index contributed by atoms with van der Waals surface area (Å²) in [7, 11) is -1.78. The Kier molecular flexibility index (Phi) is 5.99. The third-order valence-electron chi connectivity index (χ3n) is 3.17. The van der Waals surface area contributed by atoms with Gasteiger partial charge in [-0.15, -0.1) is 0 Å². The SMILES string of the molecule is CCN(CC)CCNS(=O)(=O)c1cc(CO)n(C)c1. The molecule has 0 bridgehead atoms. The molecule has 1 aromatic rings. The number of rotatable bonds is 8. The average molecular weight is 289 g/mol. The van der Waals surface area contributed by atoms with Gasteiger partial charge in [0.25, 0.3) is 0 Å². The molecule has 0 spiro atoms. The Labute approximate surface area is 115 Å². The lowest BCUT2D eigenvalue weighted by Crippen LogP contribution is -2.34. The quantitative estimate of drug-likeness (QED) is 0.714. The summed E-state index contributed by atoms with van der Waals surface area (Å²) in [5.74, 6) is 0. The highest BCUT2D eigenvalue weighted by Gasteiger charge is 2.17. The fraction of sp³-hybridized carbons (Fsp3) is 0.667. The van der Waals surface area contributed by atoms with Gasteiger partial charge in [0.15, 0.2) is 0 Å². The van der Waals surface area contributed by atoms with Gasteiger partial charge in [-0.25, -0.2) is 13.1 Å². The summed E-state index contributed by atoms with van der Waals surface area (Å²) < 4.78 is 28.3. The van der Waals surface area contributed by atoms with Crippen LogP contribution in [-0.4, -0.2) is 49.2 Å². The van der Waals surface area contributed by atoms with Crippen molar-refractivity contribution in [3.63, 3.8) is 0 Å². The summed E-state index contributed by atoms with van der Waals surface area (Å²) in [6.45, 7) is 6.78. The van der Waals surface area contributed by atoms with Gasteiger partial charge in [0.05, 0.1) is 11.5 Å². The summed E-state index contributed by atoms with van der Waals surface area (Å²) >= 11 is 0. The molecule has 0 fully saturated rings. The molecule has 0 radical (unpaired) electrons. The van der Waals surface area contributed by atoms with Crippen LogP contribution >= 0.6 is 0 Å². The third kappa shape index (κ3) is 4.31. The lowest BCUT2D eigenvalue weighted by molar-refractivity contribution is 0.272. The van der Waals surface area contributed by atoms with Crippen LogP contribution in [0.3, 0.4) is 0 Å². The first-order valence-electron chi connectivity index (χ1n) is 6.42. The van der Waals surface area contributed by atoms with Crippen LogP contribution < -0.4 is 4.72 Å². The van der Waals surface area contributed by atoms with Crippen molar-refractivity contribution in [3.8, 4) is 0 Å². The monoisotopic (exact) mass is 289 g/mol. The van der Waals surface area contributed by atoms with Gasteiger partial charge >= 0.3 is 0 Å². The minimum Gasteiger partial charge on any atom is -0.390 e. The normalized spacial score (nSPS) is 12.3. The molecular formula is C12H23N3O3S. The third-order valence-corrected chi connectivity index (χ3v) is 4.60. The molecule has 0 atom stereocenters. The van der Waals surface area contributed by atoms with Crippen molar-refractivity contribution < 1.29 is 13.5 Å². The van der Waals surface area contributed by atoms with Crippen molar-refractivity contribution in [1.82, 2.24) is 14.2 Å². The number of sulfonamides is 1. The molecule has 0 aliphatic carbocycles. The van der Waals surface area contributed by atoms with Crippen LogP contribution in [0.15, 0.2) is 17.2 Å². The largest absolute Gasteiger partial charge is 0.390 e. The summed E-state index contributed by atoms with van der Waals surface area (Å²) in [5, 5.41) is 9.07. The second kappa shape index (κ2) is 7.04. The summed E-state index contributed by atoms with van der Waals surface area (Å²) in [6, 6.07) is 1.49. The van der Waals surface area contributed by atoms with E-state index < -0.39 is 10.0 Å². The Morgan fingerprint density at radius 1 is 1.37 bits per heavy atom. The highest BCUT2D eigenvalue weighted by Crippen LogP contribution is 2.13.